The monoisotopic (exact) mass is 268 g/mol. The molecule has 1 amide bonds. The van der Waals surface area contributed by atoms with Crippen molar-refractivity contribution in [3.63, 3.8) is 0 Å². The minimum absolute atomic E-state index is 0.172. The summed E-state index contributed by atoms with van der Waals surface area (Å²) in [5, 5.41) is 3.53. The number of nitrogens with zero attached hydrogens (tertiary/aromatic N) is 1. The summed E-state index contributed by atoms with van der Waals surface area (Å²) in [7, 11) is 0. The van der Waals surface area contributed by atoms with Crippen LogP contribution in [0.15, 0.2) is 0 Å². The average Bonchev–Trinajstić information content (AvgIpc) is 2.92. The molecular formula is C15H28N2O2. The molecule has 0 aromatic heterocycles. The van der Waals surface area contributed by atoms with Crippen LogP contribution in [0.5, 0.6) is 0 Å². The molecule has 110 valence electrons. The Kier molecular flexibility index (Phi) is 6.11. The Labute approximate surface area is 116 Å². The van der Waals surface area contributed by atoms with Gasteiger partial charge in [0.25, 0.3) is 0 Å². The van der Waals surface area contributed by atoms with E-state index in [4.69, 9.17) is 4.74 Å². The number of ether oxygens (including phenoxy) is 1. The Bertz CT molecular complexity index is 271. The summed E-state index contributed by atoms with van der Waals surface area (Å²) in [4.78, 5) is 14.4. The zero-order valence-corrected chi connectivity index (χ0v) is 12.2. The van der Waals surface area contributed by atoms with E-state index in [0.29, 0.717) is 12.5 Å². The van der Waals surface area contributed by atoms with Gasteiger partial charge < -0.3 is 15.0 Å². The van der Waals surface area contributed by atoms with Crippen LogP contribution in [0.2, 0.25) is 0 Å². The third kappa shape index (κ3) is 4.77. The molecule has 4 nitrogen and oxygen atoms in total. The van der Waals surface area contributed by atoms with Gasteiger partial charge in [-0.15, -0.1) is 0 Å². The summed E-state index contributed by atoms with van der Waals surface area (Å²) in [5.74, 6) is 0.279. The van der Waals surface area contributed by atoms with Crippen LogP contribution < -0.4 is 5.32 Å². The van der Waals surface area contributed by atoms with Crippen molar-refractivity contribution in [2.45, 2.75) is 64.0 Å². The van der Waals surface area contributed by atoms with E-state index in [9.17, 15) is 4.79 Å². The molecule has 1 N–H and O–H groups in total. The SMILES string of the molecule is CCCN(CC1CCCCN1)C(=O)CC1CCCO1. The first-order valence-electron chi connectivity index (χ1n) is 7.92. The van der Waals surface area contributed by atoms with E-state index in [2.05, 4.69) is 12.2 Å². The minimum atomic E-state index is 0.172. The van der Waals surface area contributed by atoms with E-state index in [1.54, 1.807) is 0 Å². The van der Waals surface area contributed by atoms with Crippen molar-refractivity contribution >= 4 is 5.91 Å². The number of hydrogen-bond donors (Lipinski definition) is 1. The van der Waals surface area contributed by atoms with Crippen molar-refractivity contribution in [1.82, 2.24) is 10.2 Å². The quantitative estimate of drug-likeness (QED) is 0.800. The first-order chi connectivity index (χ1) is 9.29. The number of carbonyl (C=O) groups is 1. The van der Waals surface area contributed by atoms with Crippen molar-refractivity contribution in [3.8, 4) is 0 Å². The lowest BCUT2D eigenvalue weighted by molar-refractivity contribution is -0.134. The summed E-state index contributed by atoms with van der Waals surface area (Å²) in [6.07, 6.45) is 7.70. The number of piperidine rings is 1. The van der Waals surface area contributed by atoms with Crippen LogP contribution in [0.3, 0.4) is 0 Å². The van der Waals surface area contributed by atoms with E-state index >= 15 is 0 Å². The van der Waals surface area contributed by atoms with Gasteiger partial charge in [0.15, 0.2) is 0 Å². The average molecular weight is 268 g/mol. The maximum Gasteiger partial charge on any atom is 0.225 e. The van der Waals surface area contributed by atoms with Crippen LogP contribution in [0.4, 0.5) is 0 Å². The predicted molar refractivity (Wildman–Crippen MR) is 76.1 cm³/mol. The predicted octanol–water partition coefficient (Wildman–Crippen LogP) is 1.94. The summed E-state index contributed by atoms with van der Waals surface area (Å²) in [5.41, 5.74) is 0. The highest BCUT2D eigenvalue weighted by Gasteiger charge is 2.24. The molecule has 2 saturated heterocycles. The third-order valence-electron chi connectivity index (χ3n) is 4.13. The lowest BCUT2D eigenvalue weighted by Gasteiger charge is -2.31. The molecule has 0 aromatic carbocycles. The first-order valence-corrected chi connectivity index (χ1v) is 7.92. The smallest absolute Gasteiger partial charge is 0.225 e. The molecule has 0 spiro atoms. The second-order valence-electron chi connectivity index (χ2n) is 5.83. The second-order valence-corrected chi connectivity index (χ2v) is 5.83. The molecule has 2 aliphatic rings. The summed E-state index contributed by atoms with van der Waals surface area (Å²) in [6, 6.07) is 0.494. The first kappa shape index (κ1) is 14.8. The van der Waals surface area contributed by atoms with Gasteiger partial charge in [-0.2, -0.15) is 0 Å². The van der Waals surface area contributed by atoms with Gasteiger partial charge in [-0.25, -0.2) is 0 Å². The Morgan fingerprint density at radius 2 is 2.21 bits per heavy atom. The third-order valence-corrected chi connectivity index (χ3v) is 4.13. The summed E-state index contributed by atoms with van der Waals surface area (Å²) < 4.78 is 5.58. The Hall–Kier alpha value is -0.610. The second kappa shape index (κ2) is 7.85. The number of carbonyl (C=O) groups excluding carboxylic acids is 1. The zero-order valence-electron chi connectivity index (χ0n) is 12.2. The molecule has 0 aromatic rings. The van der Waals surface area contributed by atoms with Crippen molar-refractivity contribution in [2.24, 2.45) is 0 Å². The molecule has 0 aliphatic carbocycles. The molecule has 2 aliphatic heterocycles. The molecule has 2 fully saturated rings. The van der Waals surface area contributed by atoms with Gasteiger partial charge >= 0.3 is 0 Å². The lowest BCUT2D eigenvalue weighted by atomic mass is 10.0. The van der Waals surface area contributed by atoms with Crippen LogP contribution >= 0.6 is 0 Å². The molecule has 0 saturated carbocycles. The van der Waals surface area contributed by atoms with Gasteiger partial charge in [0.2, 0.25) is 5.91 Å². The van der Waals surface area contributed by atoms with Crippen LogP contribution in [0.1, 0.15) is 51.9 Å². The van der Waals surface area contributed by atoms with E-state index < -0.39 is 0 Å². The van der Waals surface area contributed by atoms with Crippen LogP contribution in [0, 0.1) is 0 Å². The van der Waals surface area contributed by atoms with Gasteiger partial charge in [-0.05, 0) is 38.6 Å². The van der Waals surface area contributed by atoms with Gasteiger partial charge in [-0.3, -0.25) is 4.79 Å². The Morgan fingerprint density at radius 3 is 2.84 bits per heavy atom. The van der Waals surface area contributed by atoms with Gasteiger partial charge in [0, 0.05) is 25.7 Å². The number of nitrogens with one attached hydrogen (secondary N) is 1. The fourth-order valence-electron chi connectivity index (χ4n) is 3.06. The molecule has 0 bridgehead atoms. The van der Waals surface area contributed by atoms with Crippen LogP contribution in [-0.4, -0.2) is 49.2 Å². The molecule has 2 rings (SSSR count). The van der Waals surface area contributed by atoms with E-state index in [-0.39, 0.29) is 12.0 Å². The van der Waals surface area contributed by atoms with Crippen LogP contribution in [-0.2, 0) is 9.53 Å². The van der Waals surface area contributed by atoms with E-state index in [1.165, 1.54) is 19.3 Å². The van der Waals surface area contributed by atoms with Crippen molar-refractivity contribution < 1.29 is 9.53 Å². The van der Waals surface area contributed by atoms with Gasteiger partial charge in [0.1, 0.15) is 0 Å². The van der Waals surface area contributed by atoms with Crippen molar-refractivity contribution in [2.75, 3.05) is 26.2 Å². The van der Waals surface area contributed by atoms with Crippen LogP contribution in [0.25, 0.3) is 0 Å². The molecular weight excluding hydrogens is 240 g/mol. The highest BCUT2D eigenvalue weighted by Crippen LogP contribution is 2.17. The largest absolute Gasteiger partial charge is 0.378 e. The lowest BCUT2D eigenvalue weighted by Crippen LogP contribution is -2.46. The summed E-state index contributed by atoms with van der Waals surface area (Å²) >= 11 is 0. The molecule has 2 heterocycles. The molecule has 19 heavy (non-hydrogen) atoms. The zero-order chi connectivity index (χ0) is 13.5. The maximum atomic E-state index is 12.4. The molecule has 4 heteroatoms. The Balaban J connectivity index is 1.80. The van der Waals surface area contributed by atoms with Crippen molar-refractivity contribution in [1.29, 1.82) is 0 Å². The molecule has 0 radical (unpaired) electrons. The topological polar surface area (TPSA) is 41.6 Å². The molecule has 2 unspecified atom stereocenters. The molecule has 2 atom stereocenters. The fourth-order valence-corrected chi connectivity index (χ4v) is 3.06. The van der Waals surface area contributed by atoms with Gasteiger partial charge in [0.05, 0.1) is 12.5 Å². The number of amides is 1. The van der Waals surface area contributed by atoms with E-state index in [0.717, 1.165) is 45.5 Å². The number of hydrogen-bond acceptors (Lipinski definition) is 3. The van der Waals surface area contributed by atoms with Crippen molar-refractivity contribution in [3.05, 3.63) is 0 Å². The number of rotatable bonds is 6. The maximum absolute atomic E-state index is 12.4. The normalized spacial score (nSPS) is 27.4. The highest BCUT2D eigenvalue weighted by molar-refractivity contribution is 5.76. The highest BCUT2D eigenvalue weighted by atomic mass is 16.5. The fraction of sp³-hybridized carbons (Fsp3) is 0.933. The summed E-state index contributed by atoms with van der Waals surface area (Å²) in [6.45, 7) is 5.82. The Morgan fingerprint density at radius 1 is 1.32 bits per heavy atom. The van der Waals surface area contributed by atoms with E-state index in [1.807, 2.05) is 4.90 Å². The standard InChI is InChI=1S/C15H28N2O2/c1-2-9-17(12-13-6-3-4-8-16-13)15(18)11-14-7-5-10-19-14/h13-14,16H,2-12H2,1H3. The minimum Gasteiger partial charge on any atom is -0.378 e. The van der Waals surface area contributed by atoms with Gasteiger partial charge in [-0.1, -0.05) is 13.3 Å².